The Labute approximate surface area is 99.0 Å². The molecule has 0 unspecified atom stereocenters. The molecule has 0 amide bonds. The van der Waals surface area contributed by atoms with Gasteiger partial charge in [0.25, 0.3) is 0 Å². The summed E-state index contributed by atoms with van der Waals surface area (Å²) in [5.41, 5.74) is 0.0966. The molecule has 0 aliphatic heterocycles. The van der Waals surface area contributed by atoms with Crippen molar-refractivity contribution in [2.45, 2.75) is 6.92 Å². The number of hydrogen-bond donors (Lipinski definition) is 0. The number of benzene rings is 1. The zero-order valence-corrected chi connectivity index (χ0v) is 9.74. The summed E-state index contributed by atoms with van der Waals surface area (Å²) in [6.07, 6.45) is 0. The van der Waals surface area contributed by atoms with Crippen molar-refractivity contribution in [3.8, 4) is 5.75 Å². The maximum Gasteiger partial charge on any atom is 1.00 e. The molecule has 0 aliphatic carbocycles. The minimum absolute atomic E-state index is 0. The maximum atomic E-state index is 11.0. The van der Waals surface area contributed by atoms with Crippen LogP contribution in [0.1, 0.15) is 17.3 Å². The van der Waals surface area contributed by atoms with E-state index in [2.05, 4.69) is 4.74 Å². The SMILES string of the molecule is CCOC(=O)c1ccccc1[O-].[Na+]. The van der Waals surface area contributed by atoms with E-state index in [0.717, 1.165) is 0 Å². The topological polar surface area (TPSA) is 49.4 Å². The third-order valence-corrected chi connectivity index (χ3v) is 1.38. The number of carbonyl (C=O) groups is 1. The first-order valence-electron chi connectivity index (χ1n) is 3.69. The van der Waals surface area contributed by atoms with Crippen LogP contribution in [0.3, 0.4) is 0 Å². The molecular weight excluding hydrogens is 179 g/mol. The summed E-state index contributed by atoms with van der Waals surface area (Å²) >= 11 is 0. The van der Waals surface area contributed by atoms with Crippen molar-refractivity contribution in [2.24, 2.45) is 0 Å². The van der Waals surface area contributed by atoms with Gasteiger partial charge in [-0.05, 0) is 13.0 Å². The fourth-order valence-corrected chi connectivity index (χ4v) is 0.844. The first kappa shape index (κ1) is 12.5. The summed E-state index contributed by atoms with van der Waals surface area (Å²) in [5, 5.41) is 11.0. The van der Waals surface area contributed by atoms with E-state index in [1.165, 1.54) is 12.1 Å². The van der Waals surface area contributed by atoms with Gasteiger partial charge < -0.3 is 9.84 Å². The van der Waals surface area contributed by atoms with Gasteiger partial charge in [-0.3, -0.25) is 0 Å². The van der Waals surface area contributed by atoms with Crippen LogP contribution in [0.15, 0.2) is 24.3 Å². The van der Waals surface area contributed by atoms with Gasteiger partial charge in [-0.1, -0.05) is 23.9 Å². The molecular formula is C9H9NaO3. The van der Waals surface area contributed by atoms with Crippen LogP contribution >= 0.6 is 0 Å². The van der Waals surface area contributed by atoms with Crippen LogP contribution in [-0.4, -0.2) is 12.6 Å². The van der Waals surface area contributed by atoms with Crippen molar-refractivity contribution in [3.63, 3.8) is 0 Å². The average Bonchev–Trinajstić information content (AvgIpc) is 2.05. The smallest absolute Gasteiger partial charge is 0.872 e. The summed E-state index contributed by atoms with van der Waals surface area (Å²) in [7, 11) is 0. The molecule has 4 heteroatoms. The Kier molecular flexibility index (Phi) is 5.79. The third-order valence-electron chi connectivity index (χ3n) is 1.38. The van der Waals surface area contributed by atoms with E-state index in [1.54, 1.807) is 19.1 Å². The number of rotatable bonds is 2. The van der Waals surface area contributed by atoms with Gasteiger partial charge >= 0.3 is 35.5 Å². The van der Waals surface area contributed by atoms with Crippen LogP contribution in [0.25, 0.3) is 0 Å². The van der Waals surface area contributed by atoms with E-state index in [4.69, 9.17) is 0 Å². The zero-order valence-electron chi connectivity index (χ0n) is 7.74. The molecule has 0 aromatic heterocycles. The minimum atomic E-state index is -0.553. The van der Waals surface area contributed by atoms with E-state index in [0.29, 0.717) is 0 Å². The minimum Gasteiger partial charge on any atom is -0.872 e. The summed E-state index contributed by atoms with van der Waals surface area (Å²) in [6.45, 7) is 1.98. The molecule has 0 N–H and O–H groups in total. The van der Waals surface area contributed by atoms with E-state index in [1.807, 2.05) is 0 Å². The predicted molar refractivity (Wildman–Crippen MR) is 41.8 cm³/mol. The van der Waals surface area contributed by atoms with E-state index in [9.17, 15) is 9.90 Å². The molecule has 0 saturated carbocycles. The third kappa shape index (κ3) is 3.38. The standard InChI is InChI=1S/C9H10O3.Na/c1-2-12-9(11)7-5-3-4-6-8(7)10;/h3-6,10H,2H2,1H3;/q;+1/p-1. The first-order chi connectivity index (χ1) is 5.75. The number of para-hydroxylation sites is 1. The molecule has 0 fully saturated rings. The number of ether oxygens (including phenoxy) is 1. The molecule has 13 heavy (non-hydrogen) atoms. The molecule has 1 aromatic carbocycles. The molecule has 0 aliphatic rings. The van der Waals surface area contributed by atoms with Crippen molar-refractivity contribution in [2.75, 3.05) is 6.61 Å². The number of carbonyl (C=O) groups excluding carboxylic acids is 1. The second-order valence-electron chi connectivity index (χ2n) is 2.22. The number of hydrogen-bond acceptors (Lipinski definition) is 3. The summed E-state index contributed by atoms with van der Waals surface area (Å²) < 4.78 is 4.67. The summed E-state index contributed by atoms with van der Waals surface area (Å²) in [4.78, 5) is 11.0. The van der Waals surface area contributed by atoms with E-state index >= 15 is 0 Å². The summed E-state index contributed by atoms with van der Waals surface area (Å²) in [6, 6.07) is 6.02. The largest absolute Gasteiger partial charge is 1.00 e. The first-order valence-corrected chi connectivity index (χ1v) is 3.69. The van der Waals surface area contributed by atoms with Crippen LogP contribution in [0.4, 0.5) is 0 Å². The van der Waals surface area contributed by atoms with Gasteiger partial charge in [0.1, 0.15) is 0 Å². The van der Waals surface area contributed by atoms with Crippen LogP contribution in [0.5, 0.6) is 5.75 Å². The van der Waals surface area contributed by atoms with Gasteiger partial charge in [-0.25, -0.2) is 4.79 Å². The summed E-state index contributed by atoms with van der Waals surface area (Å²) in [5.74, 6) is -0.848. The normalized spacial score (nSPS) is 8.69. The fraction of sp³-hybridized carbons (Fsp3) is 0.222. The van der Waals surface area contributed by atoms with Crippen LogP contribution < -0.4 is 34.7 Å². The fourth-order valence-electron chi connectivity index (χ4n) is 0.844. The second kappa shape index (κ2) is 6.02. The Hall–Kier alpha value is -0.510. The monoisotopic (exact) mass is 188 g/mol. The Morgan fingerprint density at radius 2 is 2.08 bits per heavy atom. The van der Waals surface area contributed by atoms with Crippen LogP contribution in [-0.2, 0) is 4.74 Å². The Balaban J connectivity index is 0.00000144. The van der Waals surface area contributed by atoms with Gasteiger partial charge in [0.05, 0.1) is 12.2 Å². The van der Waals surface area contributed by atoms with Gasteiger partial charge in [-0.15, -0.1) is 0 Å². The van der Waals surface area contributed by atoms with Crippen molar-refractivity contribution < 1.29 is 44.2 Å². The van der Waals surface area contributed by atoms with Gasteiger partial charge in [-0.2, -0.15) is 0 Å². The molecule has 0 bridgehead atoms. The molecule has 1 rings (SSSR count). The van der Waals surface area contributed by atoms with E-state index < -0.39 is 5.97 Å². The molecule has 3 nitrogen and oxygen atoms in total. The van der Waals surface area contributed by atoms with Crippen LogP contribution in [0.2, 0.25) is 0 Å². The van der Waals surface area contributed by atoms with Crippen LogP contribution in [0, 0.1) is 0 Å². The average molecular weight is 188 g/mol. The zero-order chi connectivity index (χ0) is 8.97. The van der Waals surface area contributed by atoms with Gasteiger partial charge in [0.15, 0.2) is 0 Å². The molecule has 0 radical (unpaired) electrons. The molecule has 64 valence electrons. The molecule has 0 heterocycles. The Morgan fingerprint density at radius 1 is 1.46 bits per heavy atom. The van der Waals surface area contributed by atoms with Crippen molar-refractivity contribution >= 4 is 5.97 Å². The maximum absolute atomic E-state index is 11.0. The quantitative estimate of drug-likeness (QED) is 0.396. The molecule has 1 aromatic rings. The molecule has 0 spiro atoms. The van der Waals surface area contributed by atoms with E-state index in [-0.39, 0.29) is 47.5 Å². The van der Waals surface area contributed by atoms with Gasteiger partial charge in [0.2, 0.25) is 0 Å². The number of esters is 1. The van der Waals surface area contributed by atoms with Crippen molar-refractivity contribution in [1.29, 1.82) is 0 Å². The Morgan fingerprint density at radius 3 is 2.62 bits per heavy atom. The molecule has 0 saturated heterocycles. The van der Waals surface area contributed by atoms with Gasteiger partial charge in [0, 0.05) is 0 Å². The van der Waals surface area contributed by atoms with Crippen molar-refractivity contribution in [1.82, 2.24) is 0 Å². The Bertz CT molecular complexity index is 286. The molecule has 0 atom stereocenters. The van der Waals surface area contributed by atoms with Crippen molar-refractivity contribution in [3.05, 3.63) is 29.8 Å². The second-order valence-corrected chi connectivity index (χ2v) is 2.22. The predicted octanol–water partition coefficient (Wildman–Crippen LogP) is -2.06.